The Labute approximate surface area is 130 Å². The maximum absolute atomic E-state index is 12.4. The Balaban J connectivity index is 1.38. The minimum atomic E-state index is 0.0401. The molecule has 3 fully saturated rings. The third-order valence-electron chi connectivity index (χ3n) is 4.96. The summed E-state index contributed by atoms with van der Waals surface area (Å²) in [5.41, 5.74) is 1.13. The first-order chi connectivity index (χ1) is 10.8. The molecule has 0 bridgehead atoms. The largest absolute Gasteiger partial charge is 0.372 e. The van der Waals surface area contributed by atoms with Crippen molar-refractivity contribution >= 4 is 5.91 Å². The van der Waals surface area contributed by atoms with Gasteiger partial charge in [0.15, 0.2) is 0 Å². The van der Waals surface area contributed by atoms with Crippen LogP contribution >= 0.6 is 0 Å². The molecule has 118 valence electrons. The summed E-state index contributed by atoms with van der Waals surface area (Å²) in [5.74, 6) is 0.628. The van der Waals surface area contributed by atoms with Crippen LogP contribution in [-0.4, -0.2) is 47.2 Å². The molecule has 0 aromatic carbocycles. The maximum atomic E-state index is 12.4. The van der Waals surface area contributed by atoms with Gasteiger partial charge in [0.1, 0.15) is 6.10 Å². The van der Waals surface area contributed by atoms with Gasteiger partial charge in [-0.2, -0.15) is 0 Å². The fourth-order valence-electron chi connectivity index (χ4n) is 3.61. The molecule has 5 heteroatoms. The van der Waals surface area contributed by atoms with Crippen LogP contribution in [0.3, 0.4) is 0 Å². The van der Waals surface area contributed by atoms with Gasteiger partial charge in [-0.3, -0.25) is 9.78 Å². The van der Waals surface area contributed by atoms with Gasteiger partial charge in [0.25, 0.3) is 0 Å². The molecule has 2 heterocycles. The molecule has 0 radical (unpaired) electrons. The van der Waals surface area contributed by atoms with Gasteiger partial charge >= 0.3 is 0 Å². The molecule has 3 atom stereocenters. The highest BCUT2D eigenvalue weighted by Crippen LogP contribution is 2.37. The molecule has 0 unspecified atom stereocenters. The Morgan fingerprint density at radius 2 is 2.09 bits per heavy atom. The fraction of sp³-hybridized carbons (Fsp3) is 0.647. The molecular formula is C17H22N2O3. The van der Waals surface area contributed by atoms with Crippen LogP contribution in [0.5, 0.6) is 0 Å². The van der Waals surface area contributed by atoms with Crippen molar-refractivity contribution in [2.24, 2.45) is 5.92 Å². The van der Waals surface area contributed by atoms with Crippen molar-refractivity contribution in [2.45, 2.75) is 50.5 Å². The molecule has 3 aliphatic rings. The zero-order chi connectivity index (χ0) is 14.9. The summed E-state index contributed by atoms with van der Waals surface area (Å²) >= 11 is 0. The second-order valence-electron chi connectivity index (χ2n) is 6.49. The molecule has 1 aliphatic heterocycles. The van der Waals surface area contributed by atoms with Crippen LogP contribution in [0, 0.1) is 5.92 Å². The molecule has 1 amide bonds. The number of hydrogen-bond acceptors (Lipinski definition) is 4. The fourth-order valence-corrected chi connectivity index (χ4v) is 3.61. The van der Waals surface area contributed by atoms with Gasteiger partial charge in [-0.25, -0.2) is 0 Å². The summed E-state index contributed by atoms with van der Waals surface area (Å²) in [6, 6.07) is 4.15. The lowest BCUT2D eigenvalue weighted by atomic mass is 10.1. The number of ether oxygens (including phenoxy) is 2. The first-order valence-electron chi connectivity index (χ1n) is 8.25. The number of amides is 1. The van der Waals surface area contributed by atoms with E-state index in [1.54, 1.807) is 12.4 Å². The summed E-state index contributed by atoms with van der Waals surface area (Å²) in [7, 11) is 0. The van der Waals surface area contributed by atoms with E-state index in [4.69, 9.17) is 9.47 Å². The van der Waals surface area contributed by atoms with Gasteiger partial charge in [-0.05, 0) is 43.4 Å². The van der Waals surface area contributed by atoms with Crippen LogP contribution < -0.4 is 0 Å². The Bertz CT molecular complexity index is 532. The second-order valence-corrected chi connectivity index (χ2v) is 6.49. The first kappa shape index (κ1) is 14.2. The van der Waals surface area contributed by atoms with E-state index >= 15 is 0 Å². The minimum absolute atomic E-state index is 0.0401. The number of nitrogens with zero attached hydrogens (tertiary/aromatic N) is 2. The van der Waals surface area contributed by atoms with E-state index < -0.39 is 0 Å². The van der Waals surface area contributed by atoms with E-state index in [1.807, 2.05) is 12.1 Å². The predicted octanol–water partition coefficient (Wildman–Crippen LogP) is 1.77. The lowest BCUT2D eigenvalue weighted by Gasteiger charge is -2.39. The molecule has 0 spiro atoms. The number of rotatable bonds is 4. The lowest BCUT2D eigenvalue weighted by Crippen LogP contribution is -2.54. The summed E-state index contributed by atoms with van der Waals surface area (Å²) in [4.78, 5) is 18.5. The number of carbonyl (C=O) groups excluding carboxylic acids is 1. The molecule has 1 aromatic rings. The molecule has 5 nitrogen and oxygen atoms in total. The van der Waals surface area contributed by atoms with Gasteiger partial charge in [0.05, 0.1) is 25.4 Å². The summed E-state index contributed by atoms with van der Waals surface area (Å²) < 4.78 is 12.0. The highest BCUT2D eigenvalue weighted by molar-refractivity contribution is 5.81. The number of fused-ring (bicyclic) bond motifs is 1. The third kappa shape index (κ3) is 2.75. The van der Waals surface area contributed by atoms with Crippen molar-refractivity contribution in [3.05, 3.63) is 30.1 Å². The van der Waals surface area contributed by atoms with Crippen LogP contribution in [0.4, 0.5) is 0 Å². The molecule has 22 heavy (non-hydrogen) atoms. The van der Waals surface area contributed by atoms with Crippen LogP contribution in [0.2, 0.25) is 0 Å². The zero-order valence-corrected chi connectivity index (χ0v) is 12.7. The average Bonchev–Trinajstić information content (AvgIpc) is 3.33. The molecule has 1 saturated heterocycles. The average molecular weight is 302 g/mol. The Hall–Kier alpha value is -1.46. The van der Waals surface area contributed by atoms with Crippen molar-refractivity contribution in [3.8, 4) is 0 Å². The minimum Gasteiger partial charge on any atom is -0.372 e. The Morgan fingerprint density at radius 3 is 2.86 bits per heavy atom. The van der Waals surface area contributed by atoms with Crippen molar-refractivity contribution in [3.63, 3.8) is 0 Å². The third-order valence-corrected chi connectivity index (χ3v) is 4.96. The van der Waals surface area contributed by atoms with Crippen molar-refractivity contribution in [1.29, 1.82) is 0 Å². The summed E-state index contributed by atoms with van der Waals surface area (Å²) in [6.45, 7) is 1.96. The van der Waals surface area contributed by atoms with Crippen molar-refractivity contribution in [2.75, 3.05) is 13.2 Å². The van der Waals surface area contributed by atoms with Crippen molar-refractivity contribution < 1.29 is 14.3 Å². The van der Waals surface area contributed by atoms with E-state index in [9.17, 15) is 4.79 Å². The first-order valence-corrected chi connectivity index (χ1v) is 8.25. The quantitative estimate of drug-likeness (QED) is 0.850. The molecule has 2 aliphatic carbocycles. The van der Waals surface area contributed by atoms with Gasteiger partial charge in [0, 0.05) is 24.9 Å². The van der Waals surface area contributed by atoms with Crippen LogP contribution in [-0.2, 0) is 20.9 Å². The number of hydrogen-bond donors (Lipinski definition) is 0. The van der Waals surface area contributed by atoms with E-state index in [-0.39, 0.29) is 24.2 Å². The Morgan fingerprint density at radius 1 is 1.27 bits per heavy atom. The summed E-state index contributed by atoms with van der Waals surface area (Å²) in [5, 5.41) is 0. The number of aromatic nitrogens is 1. The van der Waals surface area contributed by atoms with Crippen LogP contribution in [0.15, 0.2) is 24.5 Å². The molecule has 0 N–H and O–H groups in total. The van der Waals surface area contributed by atoms with Crippen LogP contribution in [0.1, 0.15) is 31.2 Å². The number of morpholine rings is 1. The van der Waals surface area contributed by atoms with Crippen molar-refractivity contribution in [1.82, 2.24) is 9.88 Å². The summed E-state index contributed by atoms with van der Waals surface area (Å²) in [6.07, 6.45) is 7.78. The SMILES string of the molecule is O=C(C1CC1)N1CCO[C@H]2[C@@H](OCc3ccncc3)CC[C@@H]21. The lowest BCUT2D eigenvalue weighted by molar-refractivity contribution is -0.153. The van der Waals surface area contributed by atoms with E-state index in [0.717, 1.165) is 37.8 Å². The normalized spacial score (nSPS) is 31.1. The predicted molar refractivity (Wildman–Crippen MR) is 80.0 cm³/mol. The smallest absolute Gasteiger partial charge is 0.226 e. The number of pyridine rings is 1. The van der Waals surface area contributed by atoms with Gasteiger partial charge in [-0.15, -0.1) is 0 Å². The zero-order valence-electron chi connectivity index (χ0n) is 12.7. The van der Waals surface area contributed by atoms with E-state index in [2.05, 4.69) is 9.88 Å². The molecular weight excluding hydrogens is 280 g/mol. The van der Waals surface area contributed by atoms with Gasteiger partial charge < -0.3 is 14.4 Å². The van der Waals surface area contributed by atoms with Gasteiger partial charge in [0.2, 0.25) is 5.91 Å². The standard InChI is InChI=1S/C17H22N2O3/c20-17(13-1-2-13)19-9-10-21-16-14(19)3-4-15(16)22-11-12-5-7-18-8-6-12/h5-8,13-16H,1-4,9-11H2/t14-,15-,16+/m0/s1. The second kappa shape index (κ2) is 5.97. The monoisotopic (exact) mass is 302 g/mol. The topological polar surface area (TPSA) is 51.7 Å². The highest BCUT2D eigenvalue weighted by atomic mass is 16.5. The van der Waals surface area contributed by atoms with Crippen LogP contribution in [0.25, 0.3) is 0 Å². The molecule has 1 aromatic heterocycles. The maximum Gasteiger partial charge on any atom is 0.226 e. The molecule has 4 rings (SSSR count). The highest BCUT2D eigenvalue weighted by Gasteiger charge is 2.47. The molecule has 2 saturated carbocycles. The van der Waals surface area contributed by atoms with E-state index in [1.165, 1.54) is 0 Å². The Kier molecular flexibility index (Phi) is 3.84. The number of carbonyl (C=O) groups is 1. The van der Waals surface area contributed by atoms with E-state index in [0.29, 0.717) is 19.1 Å². The van der Waals surface area contributed by atoms with Gasteiger partial charge in [-0.1, -0.05) is 0 Å².